The number of hydrogen-bond acceptors (Lipinski definition) is 5. The minimum atomic E-state index is -3.77. The van der Waals surface area contributed by atoms with E-state index in [0.717, 1.165) is 11.1 Å². The average molecular weight is 315 g/mol. The Labute approximate surface area is 124 Å². The van der Waals surface area contributed by atoms with Crippen molar-refractivity contribution in [2.75, 3.05) is 0 Å². The van der Waals surface area contributed by atoms with Crippen molar-refractivity contribution >= 4 is 29.6 Å². The maximum Gasteiger partial charge on any atom is 0.647 e. The van der Waals surface area contributed by atoms with Crippen molar-refractivity contribution in [2.24, 2.45) is 0 Å². The number of pyridine rings is 1. The third-order valence-corrected chi connectivity index (χ3v) is 5.56. The normalized spacial score (nSPS) is 21.0. The molecule has 1 unspecified atom stereocenters. The lowest BCUT2D eigenvalue weighted by atomic mass is 10.00. The lowest BCUT2D eigenvalue weighted by Crippen LogP contribution is -2.09. The molecule has 2 aliphatic heterocycles. The second-order valence-corrected chi connectivity index (χ2v) is 6.95. The van der Waals surface area contributed by atoms with Gasteiger partial charge in [0.15, 0.2) is 16.9 Å². The number of nitrogens with one attached hydrogen (secondary N) is 1. The second kappa shape index (κ2) is 3.47. The molecule has 1 atom stereocenters. The highest BCUT2D eigenvalue weighted by Gasteiger charge is 2.45. The quantitative estimate of drug-likeness (QED) is 0.507. The van der Waals surface area contributed by atoms with Crippen molar-refractivity contribution in [3.63, 3.8) is 0 Å². The van der Waals surface area contributed by atoms with E-state index in [-0.39, 0.29) is 16.9 Å². The fourth-order valence-electron chi connectivity index (χ4n) is 3.13. The molecule has 0 saturated carbocycles. The van der Waals surface area contributed by atoms with E-state index < -0.39 is 7.82 Å². The summed E-state index contributed by atoms with van der Waals surface area (Å²) < 4.78 is 29.1. The van der Waals surface area contributed by atoms with Crippen LogP contribution < -0.4 is 19.0 Å². The van der Waals surface area contributed by atoms with Crippen LogP contribution in [0.1, 0.15) is 11.1 Å². The van der Waals surface area contributed by atoms with Gasteiger partial charge >= 0.3 is 7.82 Å². The number of hydrogen-bond donors (Lipinski definition) is 1. The molecule has 0 spiro atoms. The number of fused-ring (bicyclic) bond motifs is 1. The van der Waals surface area contributed by atoms with Crippen LogP contribution in [0.3, 0.4) is 0 Å². The summed E-state index contributed by atoms with van der Waals surface area (Å²) >= 11 is 0. The maximum atomic E-state index is 12.9. The molecule has 22 heavy (non-hydrogen) atoms. The molecule has 0 amide bonds. The Hall–Kier alpha value is -2.46. The van der Waals surface area contributed by atoms with E-state index >= 15 is 0 Å². The minimum Gasteiger partial charge on any atom is -0.384 e. The van der Waals surface area contributed by atoms with Gasteiger partial charge in [0.1, 0.15) is 0 Å². The van der Waals surface area contributed by atoms with Gasteiger partial charge in [-0.3, -0.25) is 4.79 Å². The SMILES string of the molecule is Cc1c2c3c4[nH]c5c(cccc5c(=O)c4c1C)OP(=O)(O2)O3. The minimum absolute atomic E-state index is 0.107. The third-order valence-electron chi connectivity index (χ3n) is 4.33. The lowest BCUT2D eigenvalue weighted by molar-refractivity contribution is 0.332. The van der Waals surface area contributed by atoms with Crippen LogP contribution in [0, 0.1) is 13.8 Å². The number of aromatic amines is 1. The molecule has 3 aromatic rings. The number of phosphoric acid groups is 1. The molecule has 4 bridgehead atoms. The Morgan fingerprint density at radius 3 is 2.59 bits per heavy atom. The van der Waals surface area contributed by atoms with E-state index in [1.807, 2.05) is 13.8 Å². The van der Waals surface area contributed by atoms with Crippen LogP contribution in [0.4, 0.5) is 0 Å². The lowest BCUT2D eigenvalue weighted by Gasteiger charge is -2.15. The van der Waals surface area contributed by atoms with Crippen LogP contribution in [-0.2, 0) is 4.57 Å². The Bertz CT molecular complexity index is 1130. The highest BCUT2D eigenvalue weighted by atomic mass is 31.2. The molecule has 0 radical (unpaired) electrons. The molecule has 3 heterocycles. The Balaban J connectivity index is 2.20. The van der Waals surface area contributed by atoms with Crippen molar-refractivity contribution in [2.45, 2.75) is 13.8 Å². The molecule has 6 nitrogen and oxygen atoms in total. The fraction of sp³-hybridized carbons (Fsp3) is 0.133. The van der Waals surface area contributed by atoms with E-state index in [4.69, 9.17) is 13.6 Å². The first kappa shape index (κ1) is 12.1. The maximum absolute atomic E-state index is 12.9. The zero-order chi connectivity index (χ0) is 15.2. The first-order chi connectivity index (χ1) is 10.5. The topological polar surface area (TPSA) is 77.6 Å². The number of H-pyrrole nitrogens is 1. The summed E-state index contributed by atoms with van der Waals surface area (Å²) in [7, 11) is -3.77. The van der Waals surface area contributed by atoms with Crippen LogP contribution in [0.25, 0.3) is 21.8 Å². The van der Waals surface area contributed by atoms with E-state index in [1.165, 1.54) is 0 Å². The van der Waals surface area contributed by atoms with E-state index in [1.54, 1.807) is 18.2 Å². The Kier molecular flexibility index (Phi) is 1.91. The zero-order valence-corrected chi connectivity index (χ0v) is 12.6. The predicted molar refractivity (Wildman–Crippen MR) is 81.0 cm³/mol. The summed E-state index contributed by atoms with van der Waals surface area (Å²) in [6.07, 6.45) is 0. The summed E-state index contributed by atoms with van der Waals surface area (Å²) in [5.74, 6) is 0.939. The molecule has 7 heteroatoms. The average Bonchev–Trinajstić information content (AvgIpc) is 2.83. The van der Waals surface area contributed by atoms with Crippen LogP contribution in [0.5, 0.6) is 17.2 Å². The van der Waals surface area contributed by atoms with Crippen molar-refractivity contribution < 1.29 is 18.1 Å². The third kappa shape index (κ3) is 1.23. The summed E-state index contributed by atoms with van der Waals surface area (Å²) in [6, 6.07) is 5.02. The van der Waals surface area contributed by atoms with Gasteiger partial charge in [0.25, 0.3) is 0 Å². The van der Waals surface area contributed by atoms with Gasteiger partial charge in [-0.25, -0.2) is 0 Å². The van der Waals surface area contributed by atoms with Crippen molar-refractivity contribution in [3.05, 3.63) is 39.5 Å². The smallest absolute Gasteiger partial charge is 0.384 e. The molecule has 0 aliphatic carbocycles. The standard InChI is InChI=1S/C15H10NO5P/c1-6-7(2)14-15-12-10(6)13(17)8-4-3-5-9(11(8)16-12)19-22(18,20-14)21-15/h3-5H,1-2H3,(H,16,17). The molecule has 1 N–H and O–H groups in total. The van der Waals surface area contributed by atoms with Gasteiger partial charge in [-0.15, -0.1) is 0 Å². The largest absolute Gasteiger partial charge is 0.647 e. The zero-order valence-electron chi connectivity index (χ0n) is 11.7. The first-order valence-corrected chi connectivity index (χ1v) is 8.25. The van der Waals surface area contributed by atoms with E-state index in [2.05, 4.69) is 4.98 Å². The monoisotopic (exact) mass is 315 g/mol. The number of benzene rings is 2. The van der Waals surface area contributed by atoms with Gasteiger partial charge in [-0.1, -0.05) is 6.07 Å². The number of para-hydroxylation sites is 1. The molecule has 0 fully saturated rings. The summed E-state index contributed by atoms with van der Waals surface area (Å²) in [4.78, 5) is 16.1. The van der Waals surface area contributed by atoms with Crippen LogP contribution in [-0.4, -0.2) is 4.98 Å². The number of phosphoric ester groups is 1. The Morgan fingerprint density at radius 2 is 1.77 bits per heavy atom. The summed E-state index contributed by atoms with van der Waals surface area (Å²) in [6.45, 7) is 3.65. The highest BCUT2D eigenvalue weighted by molar-refractivity contribution is 7.50. The summed E-state index contributed by atoms with van der Waals surface area (Å²) in [5.41, 5.74) is 2.41. The number of aromatic nitrogens is 1. The number of rotatable bonds is 0. The van der Waals surface area contributed by atoms with Gasteiger partial charge in [0, 0.05) is 5.39 Å². The highest BCUT2D eigenvalue weighted by Crippen LogP contribution is 2.63. The first-order valence-electron chi connectivity index (χ1n) is 6.79. The second-order valence-electron chi connectivity index (χ2n) is 5.51. The van der Waals surface area contributed by atoms with Gasteiger partial charge in [-0.05, 0) is 37.1 Å². The number of aryl methyl sites for hydroxylation is 1. The Morgan fingerprint density at radius 1 is 1.00 bits per heavy atom. The van der Waals surface area contributed by atoms with E-state index in [9.17, 15) is 9.36 Å². The molecule has 110 valence electrons. The van der Waals surface area contributed by atoms with Gasteiger partial charge in [0.2, 0.25) is 5.75 Å². The van der Waals surface area contributed by atoms with Gasteiger partial charge < -0.3 is 18.6 Å². The molecule has 0 saturated heterocycles. The van der Waals surface area contributed by atoms with Crippen LogP contribution in [0.2, 0.25) is 0 Å². The van der Waals surface area contributed by atoms with Crippen molar-refractivity contribution in [1.82, 2.24) is 4.98 Å². The molecule has 1 aromatic heterocycles. The van der Waals surface area contributed by atoms with Crippen molar-refractivity contribution in [1.29, 1.82) is 0 Å². The van der Waals surface area contributed by atoms with Crippen LogP contribution in [0.15, 0.2) is 23.0 Å². The van der Waals surface area contributed by atoms with Gasteiger partial charge in [-0.2, -0.15) is 4.57 Å². The molecule has 2 aliphatic rings. The molecular formula is C15H10NO5P. The summed E-state index contributed by atoms with van der Waals surface area (Å²) in [5, 5.41) is 1.02. The van der Waals surface area contributed by atoms with Gasteiger partial charge in [0.05, 0.1) is 16.4 Å². The molecule has 5 rings (SSSR count). The molecular weight excluding hydrogens is 305 g/mol. The van der Waals surface area contributed by atoms with Crippen LogP contribution >= 0.6 is 7.82 Å². The predicted octanol–water partition coefficient (Wildman–Crippen LogP) is 3.57. The molecule has 2 aromatic carbocycles. The van der Waals surface area contributed by atoms with E-state index in [0.29, 0.717) is 27.6 Å². The fourth-order valence-corrected chi connectivity index (χ4v) is 4.47. The van der Waals surface area contributed by atoms with Crippen molar-refractivity contribution in [3.8, 4) is 17.2 Å².